The van der Waals surface area contributed by atoms with Gasteiger partial charge in [0.2, 0.25) is 0 Å². The highest BCUT2D eigenvalue weighted by Crippen LogP contribution is 2.26. The van der Waals surface area contributed by atoms with E-state index in [0.29, 0.717) is 0 Å². The fraction of sp³-hybridized carbons (Fsp3) is 0.429. The highest BCUT2D eigenvalue weighted by molar-refractivity contribution is 6.31. The lowest BCUT2D eigenvalue weighted by Gasteiger charge is -2.04. The molecule has 0 aliphatic heterocycles. The van der Waals surface area contributed by atoms with E-state index in [-0.39, 0.29) is 5.02 Å². The second kappa shape index (κ2) is 3.91. The second-order valence-corrected chi connectivity index (χ2v) is 3.06. The van der Waals surface area contributed by atoms with Crippen molar-refractivity contribution in [3.8, 4) is 0 Å². The summed E-state index contributed by atoms with van der Waals surface area (Å²) < 4.78 is 25.3. The van der Waals surface area contributed by atoms with Gasteiger partial charge in [-0.15, -0.1) is 0 Å². The summed E-state index contributed by atoms with van der Waals surface area (Å²) in [4.78, 5) is 10.5. The van der Waals surface area contributed by atoms with Crippen LogP contribution < -0.4 is 0 Å². The predicted octanol–water partition coefficient (Wildman–Crippen LogP) is 2.12. The Morgan fingerprint density at radius 1 is 1.71 bits per heavy atom. The number of carboxylic acids is 1. The minimum atomic E-state index is -2.80. The van der Waals surface area contributed by atoms with Gasteiger partial charge < -0.3 is 5.11 Å². The summed E-state index contributed by atoms with van der Waals surface area (Å²) in [5.41, 5.74) is -0.597. The van der Waals surface area contributed by atoms with Gasteiger partial charge in [-0.3, -0.25) is 4.68 Å². The van der Waals surface area contributed by atoms with Crippen LogP contribution in [0.3, 0.4) is 0 Å². The minimum absolute atomic E-state index is 0.229. The normalized spacial score (nSPS) is 13.2. The van der Waals surface area contributed by atoms with Crippen molar-refractivity contribution in [3.63, 3.8) is 0 Å². The topological polar surface area (TPSA) is 55.1 Å². The van der Waals surface area contributed by atoms with Crippen LogP contribution in [-0.4, -0.2) is 20.9 Å². The summed E-state index contributed by atoms with van der Waals surface area (Å²) >= 11 is 5.43. The van der Waals surface area contributed by atoms with Gasteiger partial charge in [0.15, 0.2) is 0 Å². The molecule has 0 radical (unpaired) electrons. The van der Waals surface area contributed by atoms with Crippen LogP contribution in [0.4, 0.5) is 8.78 Å². The highest BCUT2D eigenvalue weighted by Gasteiger charge is 2.21. The lowest BCUT2D eigenvalue weighted by molar-refractivity contribution is -0.140. The molecule has 0 fully saturated rings. The molecule has 0 saturated heterocycles. The first-order valence-corrected chi connectivity index (χ1v) is 4.06. The van der Waals surface area contributed by atoms with Gasteiger partial charge in [-0.2, -0.15) is 5.10 Å². The molecule has 0 aromatic carbocycles. The van der Waals surface area contributed by atoms with E-state index in [4.69, 9.17) is 16.7 Å². The number of alkyl halides is 2. The van der Waals surface area contributed by atoms with Crippen molar-refractivity contribution < 1.29 is 18.7 Å². The van der Waals surface area contributed by atoms with E-state index in [0.717, 1.165) is 10.9 Å². The Hall–Kier alpha value is -1.17. The quantitative estimate of drug-likeness (QED) is 0.856. The summed E-state index contributed by atoms with van der Waals surface area (Å²) in [5.74, 6) is -1.16. The molecule has 7 heteroatoms. The van der Waals surface area contributed by atoms with Crippen LogP contribution in [0.2, 0.25) is 5.02 Å². The van der Waals surface area contributed by atoms with Gasteiger partial charge in [0.1, 0.15) is 11.7 Å². The first kappa shape index (κ1) is 10.9. The third-order valence-corrected chi connectivity index (χ3v) is 1.97. The lowest BCUT2D eigenvalue weighted by atomic mass is 10.4. The molecule has 0 aliphatic rings. The van der Waals surface area contributed by atoms with Crippen molar-refractivity contribution >= 4 is 17.6 Å². The fourth-order valence-corrected chi connectivity index (χ4v) is 1.06. The predicted molar refractivity (Wildman–Crippen MR) is 44.5 cm³/mol. The van der Waals surface area contributed by atoms with Crippen molar-refractivity contribution in [2.45, 2.75) is 19.4 Å². The highest BCUT2D eigenvalue weighted by atomic mass is 35.5. The van der Waals surface area contributed by atoms with Crippen LogP contribution in [0.1, 0.15) is 25.1 Å². The number of carboxylic acid groups (broad SMARTS) is 1. The van der Waals surface area contributed by atoms with E-state index < -0.39 is 24.1 Å². The molecule has 1 aromatic heterocycles. The monoisotopic (exact) mass is 224 g/mol. The molecule has 1 unspecified atom stereocenters. The Kier molecular flexibility index (Phi) is 3.05. The number of nitrogens with zero attached hydrogens (tertiary/aromatic N) is 2. The number of hydrogen-bond donors (Lipinski definition) is 1. The van der Waals surface area contributed by atoms with Gasteiger partial charge >= 0.3 is 5.97 Å². The molecule has 0 aliphatic carbocycles. The molecular weight excluding hydrogens is 218 g/mol. The molecule has 1 aromatic rings. The van der Waals surface area contributed by atoms with E-state index in [9.17, 15) is 13.6 Å². The van der Waals surface area contributed by atoms with Gasteiger partial charge in [-0.25, -0.2) is 13.6 Å². The van der Waals surface area contributed by atoms with Crippen LogP contribution in [0.25, 0.3) is 0 Å². The second-order valence-electron chi connectivity index (χ2n) is 2.66. The van der Waals surface area contributed by atoms with E-state index in [2.05, 4.69) is 5.10 Å². The molecule has 1 atom stereocenters. The van der Waals surface area contributed by atoms with Crippen LogP contribution in [0.15, 0.2) is 6.20 Å². The van der Waals surface area contributed by atoms with Crippen molar-refractivity contribution in [2.75, 3.05) is 0 Å². The van der Waals surface area contributed by atoms with Crippen LogP contribution in [0, 0.1) is 0 Å². The van der Waals surface area contributed by atoms with E-state index in [1.807, 2.05) is 0 Å². The Balaban J connectivity index is 3.02. The van der Waals surface area contributed by atoms with Crippen LogP contribution >= 0.6 is 11.6 Å². The summed E-state index contributed by atoms with van der Waals surface area (Å²) in [7, 11) is 0. The molecule has 14 heavy (non-hydrogen) atoms. The SMILES string of the molecule is CC(C(=O)O)n1cc(Cl)c(C(F)F)n1. The molecular formula is C7H7ClF2N2O2. The molecule has 0 bridgehead atoms. The largest absolute Gasteiger partial charge is 0.480 e. The zero-order valence-corrected chi connectivity index (χ0v) is 7.87. The van der Waals surface area contributed by atoms with E-state index >= 15 is 0 Å². The van der Waals surface area contributed by atoms with Gasteiger partial charge in [0.05, 0.1) is 5.02 Å². The molecule has 4 nitrogen and oxygen atoms in total. The lowest BCUT2D eigenvalue weighted by Crippen LogP contribution is -2.16. The standard InChI is InChI=1S/C7H7ClF2N2O2/c1-3(7(13)14)12-2-4(8)5(11-12)6(9)10/h2-3,6H,1H3,(H,13,14). The molecule has 1 N–H and O–H groups in total. The molecule has 0 saturated carbocycles. The fourth-order valence-electron chi connectivity index (χ4n) is 0.843. The molecule has 0 spiro atoms. The van der Waals surface area contributed by atoms with Crippen LogP contribution in [0.5, 0.6) is 0 Å². The zero-order chi connectivity index (χ0) is 10.9. The number of aromatic nitrogens is 2. The van der Waals surface area contributed by atoms with Gasteiger partial charge in [-0.05, 0) is 6.92 Å². The summed E-state index contributed by atoms with van der Waals surface area (Å²) in [6, 6.07) is -1.01. The zero-order valence-electron chi connectivity index (χ0n) is 7.12. The smallest absolute Gasteiger partial charge is 0.328 e. The number of aliphatic carboxylic acids is 1. The molecule has 0 amide bonds. The van der Waals surface area contributed by atoms with Crippen LogP contribution in [-0.2, 0) is 4.79 Å². The maximum Gasteiger partial charge on any atom is 0.328 e. The third-order valence-electron chi connectivity index (χ3n) is 1.67. The molecule has 1 heterocycles. The maximum atomic E-state index is 12.2. The number of hydrogen-bond acceptors (Lipinski definition) is 2. The van der Waals surface area contributed by atoms with E-state index in [1.165, 1.54) is 6.92 Å². The summed E-state index contributed by atoms with van der Waals surface area (Å²) in [6.45, 7) is 1.32. The minimum Gasteiger partial charge on any atom is -0.480 e. The van der Waals surface area contributed by atoms with Gasteiger partial charge in [-0.1, -0.05) is 11.6 Å². The van der Waals surface area contributed by atoms with Crippen molar-refractivity contribution in [2.24, 2.45) is 0 Å². The first-order valence-electron chi connectivity index (χ1n) is 3.69. The van der Waals surface area contributed by atoms with Crippen molar-refractivity contribution in [1.82, 2.24) is 9.78 Å². The van der Waals surface area contributed by atoms with Crippen molar-refractivity contribution in [1.29, 1.82) is 0 Å². The first-order chi connectivity index (χ1) is 6.43. The third kappa shape index (κ3) is 2.01. The Morgan fingerprint density at radius 2 is 2.29 bits per heavy atom. The van der Waals surface area contributed by atoms with Gasteiger partial charge in [0.25, 0.3) is 6.43 Å². The average molecular weight is 225 g/mol. The molecule has 78 valence electrons. The number of carbonyl (C=O) groups is 1. The number of halogens is 3. The van der Waals surface area contributed by atoms with Gasteiger partial charge in [0, 0.05) is 6.20 Å². The summed E-state index contributed by atoms with van der Waals surface area (Å²) in [5, 5.41) is 11.7. The Labute approximate surface area is 83.1 Å². The van der Waals surface area contributed by atoms with E-state index in [1.54, 1.807) is 0 Å². The maximum absolute atomic E-state index is 12.2. The summed E-state index contributed by atoms with van der Waals surface area (Å²) in [6.07, 6.45) is -1.73. The number of rotatable bonds is 3. The Bertz CT molecular complexity index is 353. The molecule has 1 rings (SSSR count). The average Bonchev–Trinajstić information content (AvgIpc) is 2.45. The Morgan fingerprint density at radius 3 is 2.64 bits per heavy atom. The van der Waals surface area contributed by atoms with Crippen molar-refractivity contribution in [3.05, 3.63) is 16.9 Å².